The predicted molar refractivity (Wildman–Crippen MR) is 50.6 cm³/mol. The average Bonchev–Trinajstić information content (AvgIpc) is 2.52. The Hall–Kier alpha value is -1.29. The third-order valence-corrected chi connectivity index (χ3v) is 2.56. The number of hydrogen-bond donors (Lipinski definition) is 1. The fraction of sp³-hybridized carbons (Fsp3) is 0.125. The number of nitrogen functional groups attached to an aromatic ring is 1. The standard InChI is InChI=1S/C8H8N2OS/c1-11-5-2-6(9)8-7(3-5)10-4-12-8/h2-4H,9H2,1H3. The van der Waals surface area contributed by atoms with Crippen LogP contribution in [0.15, 0.2) is 17.6 Å². The lowest BCUT2D eigenvalue weighted by Gasteiger charge is -2.00. The molecule has 0 fully saturated rings. The number of benzene rings is 1. The number of hydrogen-bond acceptors (Lipinski definition) is 4. The molecule has 0 aliphatic rings. The van der Waals surface area contributed by atoms with Crippen LogP contribution in [0, 0.1) is 0 Å². The molecule has 1 aromatic heterocycles. The summed E-state index contributed by atoms with van der Waals surface area (Å²) in [5, 5.41) is 0. The maximum Gasteiger partial charge on any atom is 0.123 e. The quantitative estimate of drug-likeness (QED) is 0.682. The minimum Gasteiger partial charge on any atom is -0.497 e. The highest BCUT2D eigenvalue weighted by Gasteiger charge is 2.03. The van der Waals surface area contributed by atoms with E-state index in [9.17, 15) is 0 Å². The first-order chi connectivity index (χ1) is 5.81. The first kappa shape index (κ1) is 7.36. The average molecular weight is 180 g/mol. The van der Waals surface area contributed by atoms with Crippen molar-refractivity contribution < 1.29 is 4.74 Å². The summed E-state index contributed by atoms with van der Waals surface area (Å²) in [4.78, 5) is 4.15. The van der Waals surface area contributed by atoms with Gasteiger partial charge in [-0.05, 0) is 0 Å². The highest BCUT2D eigenvalue weighted by atomic mass is 32.1. The molecule has 0 atom stereocenters. The number of methoxy groups -OCH3 is 1. The molecular weight excluding hydrogens is 172 g/mol. The largest absolute Gasteiger partial charge is 0.497 e. The number of ether oxygens (including phenoxy) is 1. The van der Waals surface area contributed by atoms with Gasteiger partial charge in [-0.15, -0.1) is 11.3 Å². The summed E-state index contributed by atoms with van der Waals surface area (Å²) in [7, 11) is 1.62. The second kappa shape index (κ2) is 2.64. The first-order valence-electron chi connectivity index (χ1n) is 3.48. The number of nitrogens with two attached hydrogens (primary N) is 1. The summed E-state index contributed by atoms with van der Waals surface area (Å²) in [5.74, 6) is 0.755. The van der Waals surface area contributed by atoms with Crippen molar-refractivity contribution in [3.05, 3.63) is 17.6 Å². The Balaban J connectivity index is 2.75. The van der Waals surface area contributed by atoms with Gasteiger partial charge in [0.1, 0.15) is 5.75 Å². The van der Waals surface area contributed by atoms with Crippen molar-refractivity contribution in [3.8, 4) is 5.75 Å². The van der Waals surface area contributed by atoms with Crippen LogP contribution in [0.1, 0.15) is 0 Å². The molecule has 0 saturated heterocycles. The number of thiazole rings is 1. The summed E-state index contributed by atoms with van der Waals surface area (Å²) in [5.41, 5.74) is 9.17. The third-order valence-electron chi connectivity index (χ3n) is 1.67. The Morgan fingerprint density at radius 3 is 3.08 bits per heavy atom. The summed E-state index contributed by atoms with van der Waals surface area (Å²) in [6.45, 7) is 0. The fourth-order valence-corrected chi connectivity index (χ4v) is 1.79. The van der Waals surface area contributed by atoms with Crippen molar-refractivity contribution in [2.75, 3.05) is 12.8 Å². The number of rotatable bonds is 1. The van der Waals surface area contributed by atoms with Crippen LogP contribution in [0.3, 0.4) is 0 Å². The molecule has 62 valence electrons. The molecule has 3 nitrogen and oxygen atoms in total. The molecule has 2 rings (SSSR count). The normalized spacial score (nSPS) is 10.4. The van der Waals surface area contributed by atoms with Crippen molar-refractivity contribution in [1.82, 2.24) is 4.98 Å². The van der Waals surface area contributed by atoms with Gasteiger partial charge in [0, 0.05) is 12.1 Å². The molecule has 0 bridgehead atoms. The summed E-state index contributed by atoms with van der Waals surface area (Å²) in [6, 6.07) is 3.68. The Kier molecular flexibility index (Phi) is 1.62. The van der Waals surface area contributed by atoms with E-state index >= 15 is 0 Å². The van der Waals surface area contributed by atoms with Crippen LogP contribution in [0.2, 0.25) is 0 Å². The molecule has 2 N–H and O–H groups in total. The Morgan fingerprint density at radius 1 is 1.50 bits per heavy atom. The highest BCUT2D eigenvalue weighted by Crippen LogP contribution is 2.29. The first-order valence-corrected chi connectivity index (χ1v) is 4.36. The summed E-state index contributed by atoms with van der Waals surface area (Å²) >= 11 is 1.54. The zero-order valence-corrected chi connectivity index (χ0v) is 7.39. The van der Waals surface area contributed by atoms with Gasteiger partial charge in [0.2, 0.25) is 0 Å². The molecule has 0 unspecified atom stereocenters. The van der Waals surface area contributed by atoms with E-state index in [4.69, 9.17) is 10.5 Å². The molecule has 12 heavy (non-hydrogen) atoms. The van der Waals surface area contributed by atoms with Crippen molar-refractivity contribution in [2.24, 2.45) is 0 Å². The van der Waals surface area contributed by atoms with Gasteiger partial charge < -0.3 is 10.5 Å². The molecule has 0 aliphatic heterocycles. The van der Waals surface area contributed by atoms with Gasteiger partial charge in [-0.3, -0.25) is 0 Å². The van der Waals surface area contributed by atoms with Crippen molar-refractivity contribution >= 4 is 27.2 Å². The molecule has 1 heterocycles. The maximum absolute atomic E-state index is 5.77. The molecule has 2 aromatic rings. The lowest BCUT2D eigenvalue weighted by molar-refractivity contribution is 0.415. The molecule has 4 heteroatoms. The van der Waals surface area contributed by atoms with Gasteiger partial charge in [0.15, 0.2) is 0 Å². The Labute approximate surface area is 73.8 Å². The van der Waals surface area contributed by atoms with E-state index in [-0.39, 0.29) is 0 Å². The minimum atomic E-state index is 0.729. The zero-order valence-electron chi connectivity index (χ0n) is 6.57. The fourth-order valence-electron chi connectivity index (χ4n) is 1.09. The van der Waals surface area contributed by atoms with Crippen LogP contribution in [0.5, 0.6) is 5.75 Å². The Morgan fingerprint density at radius 2 is 2.33 bits per heavy atom. The molecule has 1 aromatic carbocycles. The lowest BCUT2D eigenvalue weighted by Crippen LogP contribution is -1.88. The van der Waals surface area contributed by atoms with E-state index in [0.29, 0.717) is 0 Å². The molecule has 0 amide bonds. The van der Waals surface area contributed by atoms with Crippen LogP contribution in [-0.2, 0) is 0 Å². The van der Waals surface area contributed by atoms with E-state index < -0.39 is 0 Å². The monoisotopic (exact) mass is 180 g/mol. The summed E-state index contributed by atoms with van der Waals surface area (Å²) < 4.78 is 6.08. The van der Waals surface area contributed by atoms with Gasteiger partial charge in [0.05, 0.1) is 28.5 Å². The van der Waals surface area contributed by atoms with Crippen molar-refractivity contribution in [2.45, 2.75) is 0 Å². The molecule has 0 radical (unpaired) electrons. The van der Waals surface area contributed by atoms with E-state index in [1.54, 1.807) is 30.0 Å². The molecule has 0 saturated carbocycles. The number of nitrogens with zero attached hydrogens (tertiary/aromatic N) is 1. The molecular formula is C8H8N2OS. The smallest absolute Gasteiger partial charge is 0.123 e. The van der Waals surface area contributed by atoms with Gasteiger partial charge in [-0.25, -0.2) is 4.98 Å². The van der Waals surface area contributed by atoms with Crippen molar-refractivity contribution in [3.63, 3.8) is 0 Å². The molecule has 0 spiro atoms. The number of fused-ring (bicyclic) bond motifs is 1. The van der Waals surface area contributed by atoms with Gasteiger partial charge in [-0.1, -0.05) is 0 Å². The third kappa shape index (κ3) is 1.00. The van der Waals surface area contributed by atoms with Crippen LogP contribution in [-0.4, -0.2) is 12.1 Å². The van der Waals surface area contributed by atoms with Gasteiger partial charge >= 0.3 is 0 Å². The van der Waals surface area contributed by atoms with Gasteiger partial charge in [0.25, 0.3) is 0 Å². The second-order valence-electron chi connectivity index (χ2n) is 2.42. The van der Waals surface area contributed by atoms with Crippen molar-refractivity contribution in [1.29, 1.82) is 0 Å². The second-order valence-corrected chi connectivity index (χ2v) is 3.27. The maximum atomic E-state index is 5.77. The van der Waals surface area contributed by atoms with E-state index in [1.807, 2.05) is 6.07 Å². The van der Waals surface area contributed by atoms with E-state index in [2.05, 4.69) is 4.98 Å². The van der Waals surface area contributed by atoms with E-state index in [0.717, 1.165) is 21.7 Å². The minimum absolute atomic E-state index is 0.729. The predicted octanol–water partition coefficient (Wildman–Crippen LogP) is 1.89. The SMILES string of the molecule is COc1cc(N)c2scnc2c1. The van der Waals surface area contributed by atoms with Gasteiger partial charge in [-0.2, -0.15) is 0 Å². The van der Waals surface area contributed by atoms with Crippen LogP contribution in [0.25, 0.3) is 10.2 Å². The zero-order chi connectivity index (χ0) is 8.55. The number of anilines is 1. The van der Waals surface area contributed by atoms with Crippen LogP contribution in [0.4, 0.5) is 5.69 Å². The highest BCUT2D eigenvalue weighted by molar-refractivity contribution is 7.17. The topological polar surface area (TPSA) is 48.1 Å². The lowest BCUT2D eigenvalue weighted by atomic mass is 10.3. The summed E-state index contributed by atoms with van der Waals surface area (Å²) in [6.07, 6.45) is 0. The van der Waals surface area contributed by atoms with E-state index in [1.165, 1.54) is 0 Å². The Bertz CT molecular complexity index is 410. The van der Waals surface area contributed by atoms with Crippen LogP contribution < -0.4 is 10.5 Å². The molecule has 0 aliphatic carbocycles. The van der Waals surface area contributed by atoms with Crippen LogP contribution >= 0.6 is 11.3 Å². The number of aromatic nitrogens is 1.